The third-order valence-corrected chi connectivity index (χ3v) is 4.08. The molecule has 6 nitrogen and oxygen atoms in total. The smallest absolute Gasteiger partial charge is 0.234 e. The summed E-state index contributed by atoms with van der Waals surface area (Å²) in [5.74, 6) is 0. The van der Waals surface area contributed by atoms with Crippen LogP contribution in [0.2, 0.25) is 0 Å². The van der Waals surface area contributed by atoms with Gasteiger partial charge in [-0.25, -0.2) is 0 Å². The molecular weight excluding hydrogens is 268 g/mol. The van der Waals surface area contributed by atoms with E-state index in [1.54, 1.807) is 16.0 Å². The molecule has 0 aliphatic carbocycles. The van der Waals surface area contributed by atoms with Crippen LogP contribution in [-0.4, -0.2) is 25.2 Å². The lowest BCUT2D eigenvalue weighted by atomic mass is 10.2. The van der Waals surface area contributed by atoms with Crippen LogP contribution in [-0.2, 0) is 6.54 Å². The number of aryl methyl sites for hydroxylation is 1. The highest BCUT2D eigenvalue weighted by atomic mass is 32.1. The molecule has 18 heavy (non-hydrogen) atoms. The van der Waals surface area contributed by atoms with Gasteiger partial charge in [0.05, 0.1) is 4.88 Å². The van der Waals surface area contributed by atoms with E-state index in [2.05, 4.69) is 20.5 Å². The summed E-state index contributed by atoms with van der Waals surface area (Å²) >= 11 is 3.10. The van der Waals surface area contributed by atoms with Crippen LogP contribution in [0.5, 0.6) is 0 Å². The molecule has 0 aliphatic heterocycles. The van der Waals surface area contributed by atoms with E-state index >= 15 is 0 Å². The second-order valence-electron chi connectivity index (χ2n) is 3.58. The predicted molar refractivity (Wildman–Crippen MR) is 70.8 cm³/mol. The van der Waals surface area contributed by atoms with Crippen molar-refractivity contribution < 1.29 is 0 Å². The second-order valence-corrected chi connectivity index (χ2v) is 5.69. The van der Waals surface area contributed by atoms with Crippen LogP contribution in [0.4, 0.5) is 0 Å². The summed E-state index contributed by atoms with van der Waals surface area (Å²) in [6, 6.07) is 4.01. The standard InChI is InChI=1S/C10H10N6S2/c1-6-12-14-10(18-6)16-9(7(5-11)13-15-16)8-3-2-4-17-8/h2-4H,5,11H2,1H3. The van der Waals surface area contributed by atoms with Crippen LogP contribution in [0.25, 0.3) is 15.7 Å². The Morgan fingerprint density at radius 2 is 2.22 bits per heavy atom. The lowest BCUT2D eigenvalue weighted by Gasteiger charge is -2.01. The number of aromatic nitrogens is 5. The van der Waals surface area contributed by atoms with Crippen LogP contribution in [0.1, 0.15) is 10.7 Å². The zero-order valence-corrected chi connectivity index (χ0v) is 11.2. The van der Waals surface area contributed by atoms with E-state index in [0.29, 0.717) is 11.7 Å². The normalized spacial score (nSPS) is 11.0. The average molecular weight is 278 g/mol. The summed E-state index contributed by atoms with van der Waals surface area (Å²) in [6.07, 6.45) is 0. The Bertz CT molecular complexity index is 654. The molecule has 0 amide bonds. The third-order valence-electron chi connectivity index (χ3n) is 2.38. The number of nitrogens with two attached hydrogens (primary N) is 1. The van der Waals surface area contributed by atoms with Crippen molar-refractivity contribution in [3.8, 4) is 15.7 Å². The van der Waals surface area contributed by atoms with Gasteiger partial charge in [-0.2, -0.15) is 4.68 Å². The van der Waals surface area contributed by atoms with Crippen molar-refractivity contribution >= 4 is 22.7 Å². The fourth-order valence-electron chi connectivity index (χ4n) is 1.62. The van der Waals surface area contributed by atoms with E-state index in [1.165, 1.54) is 11.3 Å². The van der Waals surface area contributed by atoms with Gasteiger partial charge in [0.15, 0.2) is 0 Å². The van der Waals surface area contributed by atoms with E-state index in [9.17, 15) is 0 Å². The van der Waals surface area contributed by atoms with Crippen molar-refractivity contribution in [3.63, 3.8) is 0 Å². The summed E-state index contributed by atoms with van der Waals surface area (Å²) < 4.78 is 1.71. The topological polar surface area (TPSA) is 82.5 Å². The molecule has 92 valence electrons. The monoisotopic (exact) mass is 278 g/mol. The molecule has 0 atom stereocenters. The van der Waals surface area contributed by atoms with Crippen LogP contribution < -0.4 is 5.73 Å². The van der Waals surface area contributed by atoms with Crippen LogP contribution >= 0.6 is 22.7 Å². The van der Waals surface area contributed by atoms with Gasteiger partial charge < -0.3 is 5.73 Å². The molecule has 3 aromatic rings. The quantitative estimate of drug-likeness (QED) is 0.787. The fraction of sp³-hybridized carbons (Fsp3) is 0.200. The van der Waals surface area contributed by atoms with Crippen molar-refractivity contribution in [1.82, 2.24) is 25.2 Å². The summed E-state index contributed by atoms with van der Waals surface area (Å²) in [7, 11) is 0. The van der Waals surface area contributed by atoms with Gasteiger partial charge in [-0.1, -0.05) is 22.6 Å². The lowest BCUT2D eigenvalue weighted by Crippen LogP contribution is -2.01. The van der Waals surface area contributed by atoms with Crippen LogP contribution in [0, 0.1) is 6.92 Å². The van der Waals surface area contributed by atoms with E-state index in [1.807, 2.05) is 24.4 Å². The molecule has 2 N–H and O–H groups in total. The van der Waals surface area contributed by atoms with Gasteiger partial charge in [-0.15, -0.1) is 26.6 Å². The maximum atomic E-state index is 5.71. The molecule has 3 aromatic heterocycles. The fourth-order valence-corrected chi connectivity index (χ4v) is 3.03. The molecular formula is C10H10N6S2. The Morgan fingerprint density at radius 3 is 2.83 bits per heavy atom. The predicted octanol–water partition coefficient (Wildman–Crippen LogP) is 1.61. The maximum Gasteiger partial charge on any atom is 0.234 e. The third kappa shape index (κ3) is 1.84. The number of rotatable bonds is 3. The molecule has 8 heteroatoms. The summed E-state index contributed by atoms with van der Waals surface area (Å²) in [4.78, 5) is 1.08. The van der Waals surface area contributed by atoms with Gasteiger partial charge >= 0.3 is 0 Å². The van der Waals surface area contributed by atoms with Gasteiger partial charge in [-0.05, 0) is 18.4 Å². The molecule has 0 radical (unpaired) electrons. The second kappa shape index (κ2) is 4.56. The molecule has 0 bridgehead atoms. The summed E-state index contributed by atoms with van der Waals surface area (Å²) in [6.45, 7) is 2.26. The van der Waals surface area contributed by atoms with Crippen molar-refractivity contribution in [2.24, 2.45) is 5.73 Å². The Morgan fingerprint density at radius 1 is 1.33 bits per heavy atom. The lowest BCUT2D eigenvalue weighted by molar-refractivity contribution is 0.783. The molecule has 0 fully saturated rings. The molecule has 0 saturated heterocycles. The molecule has 3 heterocycles. The zero-order chi connectivity index (χ0) is 12.5. The van der Waals surface area contributed by atoms with Crippen LogP contribution in [0.3, 0.4) is 0 Å². The van der Waals surface area contributed by atoms with Gasteiger partial charge in [0.1, 0.15) is 16.4 Å². The average Bonchev–Trinajstić information content (AvgIpc) is 3.07. The Hall–Kier alpha value is -1.64. The molecule has 0 aliphatic rings. The minimum Gasteiger partial charge on any atom is -0.325 e. The highest BCUT2D eigenvalue weighted by Crippen LogP contribution is 2.29. The Labute approximate surface area is 111 Å². The number of hydrogen-bond donors (Lipinski definition) is 1. The first-order valence-corrected chi connectivity index (χ1v) is 6.98. The van der Waals surface area contributed by atoms with E-state index < -0.39 is 0 Å². The number of hydrogen-bond acceptors (Lipinski definition) is 7. The number of nitrogens with zero attached hydrogens (tertiary/aromatic N) is 5. The summed E-state index contributed by atoms with van der Waals surface area (Å²) in [5.41, 5.74) is 7.38. The van der Waals surface area contributed by atoms with E-state index in [-0.39, 0.29) is 0 Å². The Balaban J connectivity index is 2.19. The zero-order valence-electron chi connectivity index (χ0n) is 9.57. The molecule has 0 spiro atoms. The van der Waals surface area contributed by atoms with Crippen molar-refractivity contribution in [2.45, 2.75) is 13.5 Å². The van der Waals surface area contributed by atoms with Crippen molar-refractivity contribution in [1.29, 1.82) is 0 Å². The number of thiophene rings is 1. The van der Waals surface area contributed by atoms with Crippen molar-refractivity contribution in [3.05, 3.63) is 28.2 Å². The maximum absolute atomic E-state index is 5.71. The first-order chi connectivity index (χ1) is 8.79. The van der Waals surface area contributed by atoms with Crippen LogP contribution in [0.15, 0.2) is 17.5 Å². The largest absolute Gasteiger partial charge is 0.325 e. The van der Waals surface area contributed by atoms with E-state index in [0.717, 1.165) is 21.3 Å². The van der Waals surface area contributed by atoms with Gasteiger partial charge in [-0.3, -0.25) is 0 Å². The van der Waals surface area contributed by atoms with Gasteiger partial charge in [0.2, 0.25) is 5.13 Å². The molecule has 3 rings (SSSR count). The Kier molecular flexibility index (Phi) is 2.90. The first kappa shape index (κ1) is 11.5. The minimum absolute atomic E-state index is 0.352. The van der Waals surface area contributed by atoms with E-state index in [4.69, 9.17) is 5.73 Å². The SMILES string of the molecule is Cc1nnc(-n2nnc(CN)c2-c2cccs2)s1. The molecule has 0 aromatic carbocycles. The highest BCUT2D eigenvalue weighted by Gasteiger charge is 2.18. The minimum atomic E-state index is 0.352. The van der Waals surface area contributed by atoms with Crippen molar-refractivity contribution in [2.75, 3.05) is 0 Å². The van der Waals surface area contributed by atoms with Gasteiger partial charge in [0.25, 0.3) is 0 Å². The molecule has 0 unspecified atom stereocenters. The van der Waals surface area contributed by atoms with Gasteiger partial charge in [0, 0.05) is 6.54 Å². The summed E-state index contributed by atoms with van der Waals surface area (Å²) in [5, 5.41) is 20.0. The first-order valence-electron chi connectivity index (χ1n) is 5.28. The highest BCUT2D eigenvalue weighted by molar-refractivity contribution is 7.14. The molecule has 0 saturated carbocycles.